The largest absolute Gasteiger partial charge is 0.393 e. The number of piperidine rings is 1. The van der Waals surface area contributed by atoms with Crippen LogP contribution in [0.1, 0.15) is 57.2 Å². The number of aliphatic hydroxyl groups excluding tert-OH is 1. The smallest absolute Gasteiger partial charge is 0.107 e. The van der Waals surface area contributed by atoms with Crippen LogP contribution in [0.4, 0.5) is 0 Å². The van der Waals surface area contributed by atoms with E-state index in [1.54, 1.807) is 11.3 Å². The summed E-state index contributed by atoms with van der Waals surface area (Å²) < 4.78 is 0. The van der Waals surface area contributed by atoms with Crippen LogP contribution in [0, 0.1) is 0 Å². The number of fused-ring (bicyclic) bond motifs is 2. The molecular weight excluding hydrogens is 256 g/mol. The molecule has 2 atom stereocenters. The van der Waals surface area contributed by atoms with Gasteiger partial charge in [-0.25, -0.2) is 4.98 Å². The molecule has 2 aliphatic rings. The lowest BCUT2D eigenvalue weighted by molar-refractivity contribution is 0.0309. The van der Waals surface area contributed by atoms with Gasteiger partial charge in [-0.15, -0.1) is 11.3 Å². The summed E-state index contributed by atoms with van der Waals surface area (Å²) >= 11 is 1.79. The van der Waals surface area contributed by atoms with Crippen LogP contribution in [0.2, 0.25) is 0 Å². The Labute approximate surface area is 119 Å². The Morgan fingerprint density at radius 2 is 1.95 bits per heavy atom. The molecule has 4 heteroatoms. The van der Waals surface area contributed by atoms with E-state index in [0.717, 1.165) is 19.4 Å². The third kappa shape index (κ3) is 2.71. The van der Waals surface area contributed by atoms with E-state index < -0.39 is 0 Å². The molecule has 3 rings (SSSR count). The van der Waals surface area contributed by atoms with Gasteiger partial charge < -0.3 is 5.11 Å². The minimum absolute atomic E-state index is 0.0739. The summed E-state index contributed by atoms with van der Waals surface area (Å²) in [4.78, 5) is 7.39. The van der Waals surface area contributed by atoms with Crippen molar-refractivity contribution in [3.8, 4) is 0 Å². The Morgan fingerprint density at radius 3 is 2.47 bits per heavy atom. The van der Waals surface area contributed by atoms with Gasteiger partial charge in [-0.2, -0.15) is 0 Å². The Morgan fingerprint density at radius 1 is 1.32 bits per heavy atom. The fraction of sp³-hybridized carbons (Fsp3) is 0.800. The standard InChI is InChI=1S/C15H24N2OS/c1-15(2,3)13-9-19-14(16-13)8-17-10-4-5-11(17)7-12(18)6-10/h9-12,18H,4-8H2,1-3H3. The van der Waals surface area contributed by atoms with Crippen LogP contribution in [-0.4, -0.2) is 33.2 Å². The monoisotopic (exact) mass is 280 g/mol. The number of hydrogen-bond acceptors (Lipinski definition) is 4. The Kier molecular flexibility index (Phi) is 3.44. The molecule has 2 bridgehead atoms. The molecule has 3 nitrogen and oxygen atoms in total. The maximum atomic E-state index is 9.84. The minimum atomic E-state index is -0.0739. The van der Waals surface area contributed by atoms with E-state index in [-0.39, 0.29) is 11.5 Å². The van der Waals surface area contributed by atoms with Gasteiger partial charge in [0.2, 0.25) is 0 Å². The molecule has 1 aromatic heterocycles. The van der Waals surface area contributed by atoms with Crippen LogP contribution in [0.5, 0.6) is 0 Å². The van der Waals surface area contributed by atoms with Crippen molar-refractivity contribution in [2.24, 2.45) is 0 Å². The molecule has 0 saturated carbocycles. The van der Waals surface area contributed by atoms with Gasteiger partial charge in [0.25, 0.3) is 0 Å². The molecule has 106 valence electrons. The number of rotatable bonds is 2. The molecule has 1 aromatic rings. The molecule has 0 amide bonds. The van der Waals surface area contributed by atoms with Gasteiger partial charge in [-0.05, 0) is 25.7 Å². The molecule has 0 spiro atoms. The quantitative estimate of drug-likeness (QED) is 0.905. The van der Waals surface area contributed by atoms with Gasteiger partial charge in [0.15, 0.2) is 0 Å². The summed E-state index contributed by atoms with van der Waals surface area (Å²) in [6.07, 6.45) is 4.33. The third-order valence-corrected chi connectivity index (χ3v) is 5.33. The first-order valence-corrected chi connectivity index (χ1v) is 8.20. The second kappa shape index (κ2) is 4.83. The number of aliphatic hydroxyl groups is 1. The molecule has 1 N–H and O–H groups in total. The first-order chi connectivity index (χ1) is 8.93. The highest BCUT2D eigenvalue weighted by molar-refractivity contribution is 7.09. The van der Waals surface area contributed by atoms with E-state index in [0.29, 0.717) is 12.1 Å². The SMILES string of the molecule is CC(C)(C)c1csc(CN2C3CCC2CC(O)C3)n1. The average molecular weight is 280 g/mol. The van der Waals surface area contributed by atoms with Crippen molar-refractivity contribution in [3.05, 3.63) is 16.1 Å². The number of nitrogens with zero attached hydrogens (tertiary/aromatic N) is 2. The third-order valence-electron chi connectivity index (χ3n) is 4.50. The zero-order chi connectivity index (χ0) is 13.6. The number of hydrogen-bond donors (Lipinski definition) is 1. The lowest BCUT2D eigenvalue weighted by atomic mass is 9.93. The van der Waals surface area contributed by atoms with E-state index in [9.17, 15) is 5.11 Å². The average Bonchev–Trinajstić information content (AvgIpc) is 2.85. The van der Waals surface area contributed by atoms with Gasteiger partial charge in [0, 0.05) is 22.9 Å². The predicted molar refractivity (Wildman–Crippen MR) is 78.4 cm³/mol. The maximum Gasteiger partial charge on any atom is 0.107 e. The zero-order valence-corrected chi connectivity index (χ0v) is 12.9. The molecule has 2 unspecified atom stereocenters. The van der Waals surface area contributed by atoms with Crippen molar-refractivity contribution in [1.29, 1.82) is 0 Å². The molecule has 2 saturated heterocycles. The molecule has 2 aliphatic heterocycles. The highest BCUT2D eigenvalue weighted by atomic mass is 32.1. The number of aromatic nitrogens is 1. The summed E-state index contributed by atoms with van der Waals surface area (Å²) in [7, 11) is 0. The molecule has 19 heavy (non-hydrogen) atoms. The fourth-order valence-electron chi connectivity index (χ4n) is 3.39. The Balaban J connectivity index is 1.71. The van der Waals surface area contributed by atoms with E-state index in [1.165, 1.54) is 23.5 Å². The lowest BCUT2D eigenvalue weighted by Gasteiger charge is -2.36. The van der Waals surface area contributed by atoms with Crippen LogP contribution in [-0.2, 0) is 12.0 Å². The molecule has 3 heterocycles. The highest BCUT2D eigenvalue weighted by Crippen LogP contribution is 2.37. The normalized spacial score (nSPS) is 31.9. The summed E-state index contributed by atoms with van der Waals surface area (Å²) in [5.74, 6) is 0. The molecule has 0 aromatic carbocycles. The second-order valence-electron chi connectivity index (χ2n) is 7.06. The fourth-order valence-corrected chi connectivity index (χ4v) is 4.42. The van der Waals surface area contributed by atoms with E-state index >= 15 is 0 Å². The first-order valence-electron chi connectivity index (χ1n) is 7.32. The summed E-state index contributed by atoms with van der Waals surface area (Å²) in [5, 5.41) is 13.3. The minimum Gasteiger partial charge on any atom is -0.393 e. The van der Waals surface area contributed by atoms with Crippen LogP contribution in [0.3, 0.4) is 0 Å². The zero-order valence-electron chi connectivity index (χ0n) is 12.1. The van der Waals surface area contributed by atoms with Gasteiger partial charge in [0.1, 0.15) is 5.01 Å². The van der Waals surface area contributed by atoms with Crippen LogP contribution < -0.4 is 0 Å². The van der Waals surface area contributed by atoms with Crippen LogP contribution in [0.15, 0.2) is 5.38 Å². The first kappa shape index (κ1) is 13.5. The topological polar surface area (TPSA) is 36.4 Å². The Hall–Kier alpha value is -0.450. The van der Waals surface area contributed by atoms with Crippen molar-refractivity contribution in [2.75, 3.05) is 0 Å². The molecule has 0 aliphatic carbocycles. The highest BCUT2D eigenvalue weighted by Gasteiger charge is 2.40. The molecular formula is C15H24N2OS. The summed E-state index contributed by atoms with van der Waals surface area (Å²) in [6.45, 7) is 7.62. The Bertz CT molecular complexity index is 437. The van der Waals surface area contributed by atoms with Crippen molar-refractivity contribution < 1.29 is 5.11 Å². The van der Waals surface area contributed by atoms with Gasteiger partial charge >= 0.3 is 0 Å². The summed E-state index contributed by atoms with van der Waals surface area (Å²) in [6, 6.07) is 1.16. The van der Waals surface area contributed by atoms with Crippen molar-refractivity contribution >= 4 is 11.3 Å². The van der Waals surface area contributed by atoms with Gasteiger partial charge in [-0.3, -0.25) is 4.90 Å². The van der Waals surface area contributed by atoms with Crippen LogP contribution in [0.25, 0.3) is 0 Å². The van der Waals surface area contributed by atoms with E-state index in [4.69, 9.17) is 4.98 Å². The predicted octanol–water partition coefficient (Wildman–Crippen LogP) is 2.93. The number of thiazole rings is 1. The summed E-state index contributed by atoms with van der Waals surface area (Å²) in [5.41, 5.74) is 1.35. The van der Waals surface area contributed by atoms with Crippen molar-refractivity contribution in [3.63, 3.8) is 0 Å². The van der Waals surface area contributed by atoms with E-state index in [2.05, 4.69) is 31.1 Å². The van der Waals surface area contributed by atoms with Crippen LogP contribution >= 0.6 is 11.3 Å². The van der Waals surface area contributed by atoms with E-state index in [1.807, 2.05) is 0 Å². The lowest BCUT2D eigenvalue weighted by Crippen LogP contribution is -2.44. The maximum absolute atomic E-state index is 9.84. The van der Waals surface area contributed by atoms with Crippen molar-refractivity contribution in [2.45, 2.75) is 76.6 Å². The second-order valence-corrected chi connectivity index (χ2v) is 8.00. The molecule has 0 radical (unpaired) electrons. The molecule has 2 fully saturated rings. The van der Waals surface area contributed by atoms with Gasteiger partial charge in [-0.1, -0.05) is 20.8 Å². The van der Waals surface area contributed by atoms with Crippen molar-refractivity contribution in [1.82, 2.24) is 9.88 Å². The van der Waals surface area contributed by atoms with Gasteiger partial charge in [0.05, 0.1) is 18.3 Å².